The second-order valence-electron chi connectivity index (χ2n) is 5.94. The Morgan fingerprint density at radius 2 is 2.12 bits per heavy atom. The van der Waals surface area contributed by atoms with Crippen LogP contribution >= 0.6 is 0 Å². The van der Waals surface area contributed by atoms with Crippen LogP contribution in [0.2, 0.25) is 0 Å². The second-order valence-corrected chi connectivity index (χ2v) is 7.88. The van der Waals surface area contributed by atoms with Crippen molar-refractivity contribution in [1.82, 2.24) is 9.29 Å². The molecule has 6 nitrogen and oxygen atoms in total. The molecule has 7 heteroatoms. The third kappa shape index (κ3) is 4.36. The van der Waals surface area contributed by atoms with E-state index in [1.165, 1.54) is 11.4 Å². The quantitative estimate of drug-likeness (QED) is 0.790. The number of aromatic nitrogens is 1. The molecule has 0 radical (unpaired) electrons. The van der Waals surface area contributed by atoms with E-state index in [9.17, 15) is 8.42 Å². The van der Waals surface area contributed by atoms with Crippen LogP contribution in [0, 0.1) is 0 Å². The molecule has 1 saturated heterocycles. The summed E-state index contributed by atoms with van der Waals surface area (Å²) in [6.07, 6.45) is 3.21. The van der Waals surface area contributed by atoms with Crippen molar-refractivity contribution in [3.8, 4) is 5.75 Å². The van der Waals surface area contributed by atoms with Gasteiger partial charge >= 0.3 is 0 Å². The van der Waals surface area contributed by atoms with Gasteiger partial charge in [0.2, 0.25) is 10.0 Å². The van der Waals surface area contributed by atoms with Gasteiger partial charge in [-0.15, -0.1) is 0 Å². The standard InChI is InChI=1S/C18H22N2O4S/c1-23-16-7-4-9-18(12-16)25(21,22)20-11-5-8-17(13-20)24-14-15-6-2-3-10-19-15/h2-4,6-7,9-10,12,17H,5,8,11,13-14H2,1H3. The average Bonchev–Trinajstić information content (AvgIpc) is 2.67. The lowest BCUT2D eigenvalue weighted by Gasteiger charge is -2.31. The van der Waals surface area contributed by atoms with Gasteiger partial charge in [0, 0.05) is 25.4 Å². The highest BCUT2D eigenvalue weighted by Gasteiger charge is 2.30. The first-order chi connectivity index (χ1) is 12.1. The molecule has 25 heavy (non-hydrogen) atoms. The minimum absolute atomic E-state index is 0.129. The van der Waals surface area contributed by atoms with Gasteiger partial charge in [-0.3, -0.25) is 4.98 Å². The highest BCUT2D eigenvalue weighted by Crippen LogP contribution is 2.25. The zero-order valence-electron chi connectivity index (χ0n) is 14.2. The fourth-order valence-electron chi connectivity index (χ4n) is 2.86. The van der Waals surface area contributed by atoms with Gasteiger partial charge in [0.05, 0.1) is 30.4 Å². The van der Waals surface area contributed by atoms with E-state index in [1.54, 1.807) is 30.5 Å². The summed E-state index contributed by atoms with van der Waals surface area (Å²) in [6.45, 7) is 1.24. The highest BCUT2D eigenvalue weighted by molar-refractivity contribution is 7.89. The predicted octanol–water partition coefficient (Wildman–Crippen LogP) is 2.46. The first-order valence-electron chi connectivity index (χ1n) is 8.25. The molecular formula is C18H22N2O4S. The lowest BCUT2D eigenvalue weighted by atomic mass is 10.1. The van der Waals surface area contributed by atoms with Crippen LogP contribution in [0.4, 0.5) is 0 Å². The molecule has 1 aliphatic rings. The molecule has 1 fully saturated rings. The molecule has 2 aromatic rings. The fraction of sp³-hybridized carbons (Fsp3) is 0.389. The van der Waals surface area contributed by atoms with Crippen molar-refractivity contribution in [2.24, 2.45) is 0 Å². The monoisotopic (exact) mass is 362 g/mol. The summed E-state index contributed by atoms with van der Waals surface area (Å²) < 4.78 is 38.3. The summed E-state index contributed by atoms with van der Waals surface area (Å²) >= 11 is 0. The lowest BCUT2D eigenvalue weighted by molar-refractivity contribution is 0.00665. The molecular weight excluding hydrogens is 340 g/mol. The van der Waals surface area contributed by atoms with E-state index in [-0.39, 0.29) is 11.0 Å². The summed E-state index contributed by atoms with van der Waals surface area (Å²) in [4.78, 5) is 4.47. The summed E-state index contributed by atoms with van der Waals surface area (Å²) in [6, 6.07) is 12.2. The van der Waals surface area contributed by atoms with Crippen molar-refractivity contribution in [1.29, 1.82) is 0 Å². The van der Waals surface area contributed by atoms with Gasteiger partial charge in [0.1, 0.15) is 5.75 Å². The molecule has 3 rings (SSSR count). The van der Waals surface area contributed by atoms with Crippen LogP contribution in [0.5, 0.6) is 5.75 Å². The van der Waals surface area contributed by atoms with Gasteiger partial charge in [-0.25, -0.2) is 8.42 Å². The van der Waals surface area contributed by atoms with Crippen LogP contribution in [0.3, 0.4) is 0 Å². The Labute approximate surface area is 148 Å². The third-order valence-corrected chi connectivity index (χ3v) is 6.07. The van der Waals surface area contributed by atoms with Crippen molar-refractivity contribution >= 4 is 10.0 Å². The maximum Gasteiger partial charge on any atom is 0.243 e. The molecule has 0 amide bonds. The first-order valence-corrected chi connectivity index (χ1v) is 9.69. The maximum atomic E-state index is 12.9. The van der Waals surface area contributed by atoms with Crippen LogP contribution < -0.4 is 4.74 Å². The molecule has 0 aliphatic carbocycles. The average molecular weight is 362 g/mol. The minimum atomic E-state index is -3.55. The van der Waals surface area contributed by atoms with Gasteiger partial charge < -0.3 is 9.47 Å². The third-order valence-electron chi connectivity index (χ3n) is 4.21. The Morgan fingerprint density at radius 1 is 1.24 bits per heavy atom. The van der Waals surface area contributed by atoms with Crippen LogP contribution in [0.1, 0.15) is 18.5 Å². The van der Waals surface area contributed by atoms with Gasteiger partial charge in [-0.2, -0.15) is 4.31 Å². The van der Waals surface area contributed by atoms with Crippen LogP contribution in [-0.2, 0) is 21.4 Å². The maximum absolute atomic E-state index is 12.9. The zero-order chi connectivity index (χ0) is 17.7. The van der Waals surface area contributed by atoms with Crippen molar-refractivity contribution in [2.45, 2.75) is 30.4 Å². The van der Waals surface area contributed by atoms with Crippen molar-refractivity contribution in [3.63, 3.8) is 0 Å². The van der Waals surface area contributed by atoms with Gasteiger partial charge in [0.15, 0.2) is 0 Å². The lowest BCUT2D eigenvalue weighted by Crippen LogP contribution is -2.43. The number of hydrogen-bond donors (Lipinski definition) is 0. The number of sulfonamides is 1. The molecule has 2 heterocycles. The van der Waals surface area contributed by atoms with Crippen molar-refractivity contribution in [2.75, 3.05) is 20.2 Å². The molecule has 1 atom stereocenters. The molecule has 0 bridgehead atoms. The Kier molecular flexibility index (Phi) is 5.67. The summed E-state index contributed by atoms with van der Waals surface area (Å²) in [5.74, 6) is 0.529. The normalized spacial score (nSPS) is 18.8. The molecule has 0 N–H and O–H groups in total. The predicted molar refractivity (Wildman–Crippen MR) is 93.8 cm³/mol. The van der Waals surface area contributed by atoms with Crippen LogP contribution in [0.15, 0.2) is 53.6 Å². The molecule has 1 aromatic heterocycles. The number of methoxy groups -OCH3 is 1. The molecule has 0 spiro atoms. The Hall–Kier alpha value is -1.96. The molecule has 0 saturated carbocycles. The van der Waals surface area contributed by atoms with Crippen molar-refractivity contribution < 1.29 is 17.9 Å². The van der Waals surface area contributed by atoms with E-state index in [0.717, 1.165) is 18.5 Å². The first kappa shape index (κ1) is 17.8. The largest absolute Gasteiger partial charge is 0.497 e. The molecule has 134 valence electrons. The number of ether oxygens (including phenoxy) is 2. The van der Waals surface area contributed by atoms with E-state index < -0.39 is 10.0 Å². The van der Waals surface area contributed by atoms with Gasteiger partial charge in [0.25, 0.3) is 0 Å². The number of rotatable bonds is 6. The van der Waals surface area contributed by atoms with Gasteiger partial charge in [-0.05, 0) is 37.1 Å². The fourth-order valence-corrected chi connectivity index (χ4v) is 4.40. The zero-order valence-corrected chi connectivity index (χ0v) is 15.0. The topological polar surface area (TPSA) is 68.7 Å². The number of pyridine rings is 1. The Balaban J connectivity index is 1.67. The van der Waals surface area contributed by atoms with Gasteiger partial charge in [-0.1, -0.05) is 12.1 Å². The summed E-state index contributed by atoms with van der Waals surface area (Å²) in [7, 11) is -2.03. The van der Waals surface area contributed by atoms with Crippen LogP contribution in [-0.4, -0.2) is 44.0 Å². The summed E-state index contributed by atoms with van der Waals surface area (Å²) in [5.41, 5.74) is 0.843. The van der Waals surface area contributed by atoms with E-state index in [1.807, 2.05) is 18.2 Å². The molecule has 1 unspecified atom stereocenters. The number of piperidine rings is 1. The summed E-state index contributed by atoms with van der Waals surface area (Å²) in [5, 5.41) is 0. The van der Waals surface area contributed by atoms with Crippen molar-refractivity contribution in [3.05, 3.63) is 54.4 Å². The number of benzene rings is 1. The number of hydrogen-bond acceptors (Lipinski definition) is 5. The Morgan fingerprint density at radius 3 is 2.88 bits per heavy atom. The molecule has 1 aromatic carbocycles. The minimum Gasteiger partial charge on any atom is -0.497 e. The smallest absolute Gasteiger partial charge is 0.243 e. The van der Waals surface area contributed by atoms with E-state index in [2.05, 4.69) is 4.98 Å². The van der Waals surface area contributed by atoms with E-state index in [0.29, 0.717) is 25.4 Å². The van der Waals surface area contributed by atoms with E-state index >= 15 is 0 Å². The van der Waals surface area contributed by atoms with Crippen LogP contribution in [0.25, 0.3) is 0 Å². The number of nitrogens with zero attached hydrogens (tertiary/aromatic N) is 2. The van der Waals surface area contributed by atoms with E-state index in [4.69, 9.17) is 9.47 Å². The highest BCUT2D eigenvalue weighted by atomic mass is 32.2. The Bertz CT molecular complexity index is 796. The second kappa shape index (κ2) is 7.95. The molecule has 1 aliphatic heterocycles. The SMILES string of the molecule is COc1cccc(S(=O)(=O)N2CCCC(OCc3ccccn3)C2)c1.